The molecular formula is C50H51N7O10S2. The van der Waals surface area contributed by atoms with Crippen LogP contribution in [0, 0.1) is 29.6 Å². The monoisotopic (exact) mass is 973 g/mol. The Kier molecular flexibility index (Phi) is 16.3. The van der Waals surface area contributed by atoms with Crippen LogP contribution in [0.15, 0.2) is 131 Å². The van der Waals surface area contributed by atoms with Gasteiger partial charge < -0.3 is 29.6 Å². The second-order valence-corrected chi connectivity index (χ2v) is 20.5. The molecule has 0 fully saturated rings. The maximum absolute atomic E-state index is 13.1. The van der Waals surface area contributed by atoms with Gasteiger partial charge in [0.2, 0.25) is 5.88 Å². The van der Waals surface area contributed by atoms with Gasteiger partial charge in [0.1, 0.15) is 39.7 Å². The molecule has 0 aliphatic heterocycles. The predicted molar refractivity (Wildman–Crippen MR) is 259 cm³/mol. The van der Waals surface area contributed by atoms with Crippen molar-refractivity contribution in [1.82, 2.24) is 25.1 Å². The zero-order valence-electron chi connectivity index (χ0n) is 39.3. The van der Waals surface area contributed by atoms with Gasteiger partial charge in [-0.2, -0.15) is 10.5 Å². The fourth-order valence-corrected chi connectivity index (χ4v) is 8.26. The number of nitrogens with zero attached hydrogens (tertiary/aromatic N) is 3. The number of urea groups is 2. The molecule has 1 heterocycles. The van der Waals surface area contributed by atoms with Crippen LogP contribution in [0.3, 0.4) is 0 Å². The van der Waals surface area contributed by atoms with Gasteiger partial charge in [0.25, 0.3) is 20.0 Å². The van der Waals surface area contributed by atoms with Crippen molar-refractivity contribution in [2.45, 2.75) is 69.3 Å². The lowest BCUT2D eigenvalue weighted by Crippen LogP contribution is -2.48. The minimum absolute atomic E-state index is 0.00376. The van der Waals surface area contributed by atoms with Gasteiger partial charge in [-0.1, -0.05) is 48.5 Å². The number of benzene rings is 5. The molecule has 5 aromatic carbocycles. The minimum Gasteiger partial charge on any atom is -0.497 e. The van der Waals surface area contributed by atoms with Crippen LogP contribution < -0.4 is 39.0 Å². The number of amides is 4. The van der Waals surface area contributed by atoms with E-state index in [2.05, 4.69) is 15.6 Å². The molecule has 19 heteroatoms. The Hall–Kier alpha value is -8.13. The summed E-state index contributed by atoms with van der Waals surface area (Å²) < 4.78 is 78.2. The highest BCUT2D eigenvalue weighted by Gasteiger charge is 2.28. The van der Waals surface area contributed by atoms with Gasteiger partial charge in [-0.15, -0.1) is 0 Å². The van der Waals surface area contributed by atoms with E-state index in [0.29, 0.717) is 17.1 Å². The number of aromatic nitrogens is 1. The van der Waals surface area contributed by atoms with Crippen molar-refractivity contribution in [2.75, 3.05) is 14.2 Å². The van der Waals surface area contributed by atoms with E-state index in [1.165, 1.54) is 18.3 Å². The molecular weight excluding hydrogens is 923 g/mol. The third-order valence-corrected chi connectivity index (χ3v) is 12.0. The first-order valence-corrected chi connectivity index (χ1v) is 23.9. The summed E-state index contributed by atoms with van der Waals surface area (Å²) in [5.41, 5.74) is 2.86. The van der Waals surface area contributed by atoms with Crippen molar-refractivity contribution in [2.24, 2.45) is 0 Å². The van der Waals surface area contributed by atoms with Crippen molar-refractivity contribution in [3.8, 4) is 69.0 Å². The molecule has 17 nitrogen and oxygen atoms in total. The SMILES string of the molecule is COc1ccc(-c2cccc(Oc3cc(C)c(C#N)cc3S(=O)(=O)NC(=O)NC(C)(C)C)c2)cc1.COc1ccc(-c2cccc(Oc3ncc(C#N)cc3S(=O)(=O)NC(=O)NC(C)(C)C)c2)cc1. The highest BCUT2D eigenvalue weighted by Crippen LogP contribution is 2.35. The van der Waals surface area contributed by atoms with Crippen molar-refractivity contribution in [3.63, 3.8) is 0 Å². The summed E-state index contributed by atoms with van der Waals surface area (Å²) in [5.74, 6) is 1.87. The van der Waals surface area contributed by atoms with Crippen LogP contribution in [0.5, 0.6) is 34.6 Å². The number of carbonyl (C=O) groups is 2. The number of nitriles is 2. The molecule has 0 saturated heterocycles. The average Bonchev–Trinajstić information content (AvgIpc) is 3.28. The Morgan fingerprint density at radius 3 is 1.46 bits per heavy atom. The maximum atomic E-state index is 13.1. The van der Waals surface area contributed by atoms with E-state index in [1.54, 1.807) is 99.1 Å². The zero-order valence-corrected chi connectivity index (χ0v) is 40.9. The second kappa shape index (κ2) is 21.7. The van der Waals surface area contributed by atoms with Gasteiger partial charge in [0.05, 0.1) is 31.4 Å². The van der Waals surface area contributed by atoms with E-state index in [4.69, 9.17) is 18.9 Å². The first kappa shape index (κ1) is 51.8. The van der Waals surface area contributed by atoms with Crippen LogP contribution >= 0.6 is 0 Å². The van der Waals surface area contributed by atoms with Gasteiger partial charge in [0.15, 0.2) is 4.90 Å². The number of methoxy groups -OCH3 is 2. The molecule has 0 atom stereocenters. The number of sulfonamides is 2. The molecule has 4 N–H and O–H groups in total. The number of aryl methyl sites for hydroxylation is 1. The molecule has 69 heavy (non-hydrogen) atoms. The number of hydrogen-bond donors (Lipinski definition) is 4. The third-order valence-electron chi connectivity index (χ3n) is 9.33. The lowest BCUT2D eigenvalue weighted by molar-refractivity contribution is 0.236. The number of ether oxygens (including phenoxy) is 4. The molecule has 0 aliphatic carbocycles. The summed E-state index contributed by atoms with van der Waals surface area (Å²) in [5, 5.41) is 23.7. The molecule has 0 bridgehead atoms. The Labute approximate surface area is 402 Å². The van der Waals surface area contributed by atoms with Gasteiger partial charge in [-0.25, -0.2) is 40.9 Å². The summed E-state index contributed by atoms with van der Waals surface area (Å²) in [6.07, 6.45) is 1.19. The van der Waals surface area contributed by atoms with Crippen molar-refractivity contribution < 1.29 is 45.4 Å². The Morgan fingerprint density at radius 2 is 1.03 bits per heavy atom. The van der Waals surface area contributed by atoms with E-state index in [0.717, 1.165) is 39.8 Å². The zero-order chi connectivity index (χ0) is 50.7. The van der Waals surface area contributed by atoms with E-state index < -0.39 is 48.1 Å². The Balaban J connectivity index is 0.000000258. The standard InChI is InChI=1S/C26H27N3O5S.C24H24N4O5S/c1-17-13-23(24(15-20(17)16-27)35(31,32)29-25(30)28-26(2,3)4)34-22-8-6-7-19(14-22)18-9-11-21(33-5)12-10-18;1-24(2,3)27-23(29)28-34(30,31)21-12-16(14-25)15-26-22(21)33-20-7-5-6-18(13-20)17-8-10-19(32-4)11-9-17/h6-15H,1-5H3,(H2,28,29,30);5-13,15H,1-4H3,(H2,27,28,29). The molecule has 1 aromatic heterocycles. The minimum atomic E-state index is -4.40. The number of nitrogens with one attached hydrogen (secondary N) is 4. The molecule has 4 amide bonds. The number of hydrogen-bond acceptors (Lipinski definition) is 13. The van der Waals surface area contributed by atoms with E-state index in [1.807, 2.05) is 82.2 Å². The number of rotatable bonds is 12. The molecule has 6 aromatic rings. The van der Waals surface area contributed by atoms with Gasteiger partial charge >= 0.3 is 12.1 Å². The Bertz CT molecular complexity index is 3150. The fourth-order valence-electron chi connectivity index (χ4n) is 6.20. The molecule has 358 valence electrons. The van der Waals surface area contributed by atoms with Crippen molar-refractivity contribution in [3.05, 3.63) is 138 Å². The lowest BCUT2D eigenvalue weighted by Gasteiger charge is -2.21. The van der Waals surface area contributed by atoms with Crippen LogP contribution in [-0.2, 0) is 20.0 Å². The highest BCUT2D eigenvalue weighted by atomic mass is 32.2. The van der Waals surface area contributed by atoms with Crippen LogP contribution in [0.4, 0.5) is 9.59 Å². The summed E-state index contributed by atoms with van der Waals surface area (Å²) in [6, 6.07) is 34.8. The lowest BCUT2D eigenvalue weighted by atomic mass is 10.1. The molecule has 0 saturated carbocycles. The van der Waals surface area contributed by atoms with Gasteiger partial charge in [0, 0.05) is 17.3 Å². The van der Waals surface area contributed by atoms with E-state index >= 15 is 0 Å². The van der Waals surface area contributed by atoms with Crippen molar-refractivity contribution in [1.29, 1.82) is 10.5 Å². The normalized spacial score (nSPS) is 11.3. The summed E-state index contributed by atoms with van der Waals surface area (Å²) in [6.45, 7) is 12.0. The van der Waals surface area contributed by atoms with Crippen LogP contribution in [0.1, 0.15) is 58.2 Å². The fraction of sp³-hybridized carbons (Fsp3) is 0.220. The summed E-state index contributed by atoms with van der Waals surface area (Å²) in [7, 11) is -5.58. The van der Waals surface area contributed by atoms with Crippen LogP contribution in [-0.4, -0.2) is 59.2 Å². The molecule has 0 spiro atoms. The maximum Gasteiger partial charge on any atom is 0.329 e. The van der Waals surface area contributed by atoms with Crippen LogP contribution in [0.2, 0.25) is 0 Å². The average molecular weight is 974 g/mol. The first-order valence-electron chi connectivity index (χ1n) is 20.9. The number of pyridine rings is 1. The largest absolute Gasteiger partial charge is 0.497 e. The first-order chi connectivity index (χ1) is 32.4. The van der Waals surface area contributed by atoms with E-state index in [9.17, 15) is 36.9 Å². The smallest absolute Gasteiger partial charge is 0.329 e. The molecule has 0 radical (unpaired) electrons. The third kappa shape index (κ3) is 14.7. The highest BCUT2D eigenvalue weighted by molar-refractivity contribution is 7.90. The van der Waals surface area contributed by atoms with Crippen molar-refractivity contribution >= 4 is 32.1 Å². The predicted octanol–water partition coefficient (Wildman–Crippen LogP) is 9.33. The Morgan fingerprint density at radius 1 is 0.565 bits per heavy atom. The van der Waals surface area contributed by atoms with E-state index in [-0.39, 0.29) is 27.7 Å². The quantitative estimate of drug-likeness (QED) is 0.0894. The topological polar surface area (TPSA) is 248 Å². The summed E-state index contributed by atoms with van der Waals surface area (Å²) >= 11 is 0. The number of carbonyl (C=O) groups excluding carboxylic acids is 2. The van der Waals surface area contributed by atoms with Crippen LogP contribution in [0.25, 0.3) is 22.3 Å². The summed E-state index contributed by atoms with van der Waals surface area (Å²) in [4.78, 5) is 27.7. The molecule has 0 aliphatic rings. The molecule has 6 rings (SSSR count). The van der Waals surface area contributed by atoms with Gasteiger partial charge in [-0.3, -0.25) is 0 Å². The van der Waals surface area contributed by atoms with Gasteiger partial charge in [-0.05, 0) is 143 Å². The molecule has 0 unspecified atom stereocenters. The second-order valence-electron chi connectivity index (χ2n) is 17.2.